The summed E-state index contributed by atoms with van der Waals surface area (Å²) >= 11 is 0. The summed E-state index contributed by atoms with van der Waals surface area (Å²) in [5, 5.41) is 6.89. The van der Waals surface area contributed by atoms with Gasteiger partial charge in [0.1, 0.15) is 0 Å². The number of nitrogens with one attached hydrogen (secondary N) is 2. The topological polar surface area (TPSA) is 46.1 Å². The van der Waals surface area contributed by atoms with Crippen LogP contribution in [0.2, 0.25) is 0 Å². The van der Waals surface area contributed by atoms with Crippen molar-refractivity contribution >= 4 is 5.96 Å². The second kappa shape index (κ2) is 12.2. The van der Waals surface area contributed by atoms with Crippen molar-refractivity contribution in [2.24, 2.45) is 4.99 Å². The van der Waals surface area contributed by atoms with Crippen LogP contribution in [0.25, 0.3) is 0 Å². The van der Waals surface area contributed by atoms with Gasteiger partial charge in [0.15, 0.2) is 5.96 Å². The van der Waals surface area contributed by atoms with Crippen LogP contribution in [0.3, 0.4) is 0 Å². The quantitative estimate of drug-likeness (QED) is 0.516. The highest BCUT2D eigenvalue weighted by molar-refractivity contribution is 5.79. The number of likely N-dealkylation sites (tertiary alicyclic amines) is 1. The molecule has 2 aliphatic heterocycles. The van der Waals surface area contributed by atoms with Gasteiger partial charge in [0.25, 0.3) is 0 Å². The van der Waals surface area contributed by atoms with Gasteiger partial charge in [-0.15, -0.1) is 0 Å². The molecule has 1 aromatic carbocycles. The van der Waals surface area contributed by atoms with Crippen LogP contribution in [0.4, 0.5) is 0 Å². The maximum atomic E-state index is 4.36. The lowest BCUT2D eigenvalue weighted by Gasteiger charge is -2.34. The van der Waals surface area contributed by atoms with Gasteiger partial charge in [-0.25, -0.2) is 0 Å². The third kappa shape index (κ3) is 7.61. The van der Waals surface area contributed by atoms with Crippen molar-refractivity contribution < 1.29 is 0 Å². The summed E-state index contributed by atoms with van der Waals surface area (Å²) in [5.41, 5.74) is 2.70. The van der Waals surface area contributed by atoms with E-state index in [1.807, 2.05) is 7.05 Å². The van der Waals surface area contributed by atoms with Crippen LogP contribution in [0.15, 0.2) is 29.3 Å². The number of piperazine rings is 1. The van der Waals surface area contributed by atoms with Gasteiger partial charge in [-0.3, -0.25) is 9.89 Å². The molecule has 0 radical (unpaired) electrons. The summed E-state index contributed by atoms with van der Waals surface area (Å²) in [6.07, 6.45) is 4.08. The standard InChI is InChI=1S/C23H40N6/c1-3-27-15-17-29(18-16-27)20-22-9-7-21(8-10-22)19-26-23(24-2)25-11-14-28-12-5-4-6-13-28/h7-10H,3-6,11-20H2,1-2H3,(H2,24,25,26). The average molecular weight is 401 g/mol. The van der Waals surface area contributed by atoms with Gasteiger partial charge in [-0.05, 0) is 43.6 Å². The number of hydrogen-bond acceptors (Lipinski definition) is 4. The molecular weight excluding hydrogens is 360 g/mol. The minimum Gasteiger partial charge on any atom is -0.355 e. The van der Waals surface area contributed by atoms with Gasteiger partial charge in [-0.1, -0.05) is 37.6 Å². The predicted octanol–water partition coefficient (Wildman–Crippen LogP) is 1.98. The molecule has 1 aromatic rings. The Morgan fingerprint density at radius 3 is 2.14 bits per heavy atom. The van der Waals surface area contributed by atoms with E-state index in [0.29, 0.717) is 0 Å². The lowest BCUT2D eigenvalue weighted by Crippen LogP contribution is -2.45. The van der Waals surface area contributed by atoms with Crippen LogP contribution in [-0.4, -0.2) is 86.6 Å². The number of hydrogen-bond donors (Lipinski definition) is 2. The molecule has 2 fully saturated rings. The zero-order valence-corrected chi connectivity index (χ0v) is 18.5. The molecular formula is C23H40N6. The molecule has 0 unspecified atom stereocenters. The summed E-state index contributed by atoms with van der Waals surface area (Å²) < 4.78 is 0. The van der Waals surface area contributed by atoms with Gasteiger partial charge < -0.3 is 20.4 Å². The molecule has 3 rings (SSSR count). The van der Waals surface area contributed by atoms with E-state index in [0.717, 1.165) is 32.1 Å². The van der Waals surface area contributed by atoms with Crippen molar-refractivity contribution in [3.63, 3.8) is 0 Å². The first kappa shape index (κ1) is 22.1. The first-order chi connectivity index (χ1) is 14.3. The van der Waals surface area contributed by atoms with E-state index in [2.05, 4.69) is 61.5 Å². The number of aliphatic imine (C=N–C) groups is 1. The highest BCUT2D eigenvalue weighted by Gasteiger charge is 2.15. The number of guanidine groups is 1. The van der Waals surface area contributed by atoms with Crippen LogP contribution >= 0.6 is 0 Å². The lowest BCUT2D eigenvalue weighted by molar-refractivity contribution is 0.132. The highest BCUT2D eigenvalue weighted by atomic mass is 15.3. The number of rotatable bonds is 8. The SMILES string of the molecule is CCN1CCN(Cc2ccc(CNC(=NC)NCCN3CCCCC3)cc2)CC1. The molecule has 2 N–H and O–H groups in total. The van der Waals surface area contributed by atoms with Crippen molar-refractivity contribution in [1.29, 1.82) is 0 Å². The zero-order chi connectivity index (χ0) is 20.3. The highest BCUT2D eigenvalue weighted by Crippen LogP contribution is 2.10. The summed E-state index contributed by atoms with van der Waals surface area (Å²) in [6.45, 7) is 14.6. The largest absolute Gasteiger partial charge is 0.355 e. The summed E-state index contributed by atoms with van der Waals surface area (Å²) in [7, 11) is 1.84. The molecule has 2 saturated heterocycles. The van der Waals surface area contributed by atoms with E-state index in [1.165, 1.54) is 76.2 Å². The van der Waals surface area contributed by atoms with Crippen LogP contribution in [-0.2, 0) is 13.1 Å². The van der Waals surface area contributed by atoms with Crippen LogP contribution in [0.5, 0.6) is 0 Å². The second-order valence-corrected chi connectivity index (χ2v) is 8.28. The van der Waals surface area contributed by atoms with E-state index < -0.39 is 0 Å². The molecule has 0 aromatic heterocycles. The number of nitrogens with zero attached hydrogens (tertiary/aromatic N) is 4. The van der Waals surface area contributed by atoms with Gasteiger partial charge in [0.05, 0.1) is 0 Å². The Balaban J connectivity index is 1.35. The molecule has 0 spiro atoms. The lowest BCUT2D eigenvalue weighted by atomic mass is 10.1. The van der Waals surface area contributed by atoms with Gasteiger partial charge in [0, 0.05) is 59.4 Å². The molecule has 0 atom stereocenters. The number of benzene rings is 1. The molecule has 2 aliphatic rings. The van der Waals surface area contributed by atoms with Gasteiger partial charge >= 0.3 is 0 Å². The molecule has 0 aliphatic carbocycles. The Labute approximate surface area is 177 Å². The molecule has 162 valence electrons. The van der Waals surface area contributed by atoms with Crippen molar-refractivity contribution in [3.05, 3.63) is 35.4 Å². The zero-order valence-electron chi connectivity index (χ0n) is 18.5. The van der Waals surface area contributed by atoms with Crippen LogP contribution < -0.4 is 10.6 Å². The fourth-order valence-electron chi connectivity index (χ4n) is 4.21. The Morgan fingerprint density at radius 1 is 0.828 bits per heavy atom. The third-order valence-electron chi connectivity index (χ3n) is 6.19. The van der Waals surface area contributed by atoms with E-state index in [9.17, 15) is 0 Å². The van der Waals surface area contributed by atoms with E-state index in [-0.39, 0.29) is 0 Å². The summed E-state index contributed by atoms with van der Waals surface area (Å²) in [4.78, 5) is 12.0. The van der Waals surface area contributed by atoms with Crippen molar-refractivity contribution in [1.82, 2.24) is 25.3 Å². The smallest absolute Gasteiger partial charge is 0.191 e. The molecule has 29 heavy (non-hydrogen) atoms. The maximum absolute atomic E-state index is 4.36. The van der Waals surface area contributed by atoms with Crippen molar-refractivity contribution in [2.45, 2.75) is 39.3 Å². The molecule has 0 saturated carbocycles. The Bertz CT molecular complexity index is 600. The molecule has 2 heterocycles. The minimum atomic E-state index is 0.804. The Kier molecular flexibility index (Phi) is 9.25. The van der Waals surface area contributed by atoms with E-state index in [4.69, 9.17) is 0 Å². The van der Waals surface area contributed by atoms with Crippen LogP contribution in [0, 0.1) is 0 Å². The fraction of sp³-hybridized carbons (Fsp3) is 0.696. The summed E-state index contributed by atoms with van der Waals surface area (Å²) in [6, 6.07) is 9.03. The molecule has 6 nitrogen and oxygen atoms in total. The fourth-order valence-corrected chi connectivity index (χ4v) is 4.21. The third-order valence-corrected chi connectivity index (χ3v) is 6.19. The van der Waals surface area contributed by atoms with Crippen LogP contribution in [0.1, 0.15) is 37.3 Å². The molecule has 0 amide bonds. The van der Waals surface area contributed by atoms with Crippen molar-refractivity contribution in [3.8, 4) is 0 Å². The number of likely N-dealkylation sites (N-methyl/N-ethyl adjacent to an activating group) is 1. The number of piperidine rings is 1. The predicted molar refractivity (Wildman–Crippen MR) is 122 cm³/mol. The normalized spacial score (nSPS) is 20.0. The van der Waals surface area contributed by atoms with Gasteiger partial charge in [0.2, 0.25) is 0 Å². The average Bonchev–Trinajstić information content (AvgIpc) is 2.78. The molecule has 0 bridgehead atoms. The van der Waals surface area contributed by atoms with Gasteiger partial charge in [-0.2, -0.15) is 0 Å². The first-order valence-electron chi connectivity index (χ1n) is 11.5. The monoisotopic (exact) mass is 400 g/mol. The first-order valence-corrected chi connectivity index (χ1v) is 11.5. The minimum absolute atomic E-state index is 0.804. The maximum Gasteiger partial charge on any atom is 0.191 e. The summed E-state index contributed by atoms with van der Waals surface area (Å²) in [5.74, 6) is 0.889. The van der Waals surface area contributed by atoms with E-state index in [1.54, 1.807) is 0 Å². The second-order valence-electron chi connectivity index (χ2n) is 8.28. The van der Waals surface area contributed by atoms with E-state index >= 15 is 0 Å². The Hall–Kier alpha value is -1.63. The van der Waals surface area contributed by atoms with Crippen molar-refractivity contribution in [2.75, 3.05) is 66.0 Å². The molecule has 6 heteroatoms. The Morgan fingerprint density at radius 2 is 1.48 bits per heavy atom.